The molecular formula is C14H16ClN3OS. The summed E-state index contributed by atoms with van der Waals surface area (Å²) >= 11 is 7.47. The summed E-state index contributed by atoms with van der Waals surface area (Å²) < 4.78 is 0. The van der Waals surface area contributed by atoms with Crippen LogP contribution in [0.2, 0.25) is 5.02 Å². The Hall–Kier alpha value is -1.59. The number of nitrogens with zero attached hydrogens (tertiary/aromatic N) is 1. The molecule has 0 aliphatic carbocycles. The first-order valence-corrected chi connectivity index (χ1v) is 7.56. The first-order chi connectivity index (χ1) is 9.56. The quantitative estimate of drug-likeness (QED) is 0.659. The molecule has 1 aromatic carbocycles. The summed E-state index contributed by atoms with van der Waals surface area (Å²) in [6, 6.07) is 4.88. The number of thiazole rings is 1. The van der Waals surface area contributed by atoms with Crippen molar-refractivity contribution in [1.82, 2.24) is 10.3 Å². The Kier molecular flexibility index (Phi) is 4.98. The van der Waals surface area contributed by atoms with Crippen molar-refractivity contribution in [3.8, 4) is 0 Å². The van der Waals surface area contributed by atoms with Crippen LogP contribution >= 0.6 is 22.9 Å². The van der Waals surface area contributed by atoms with Crippen molar-refractivity contribution in [1.29, 1.82) is 0 Å². The number of aromatic nitrogens is 1. The van der Waals surface area contributed by atoms with Gasteiger partial charge >= 0.3 is 0 Å². The van der Waals surface area contributed by atoms with Gasteiger partial charge in [0, 0.05) is 29.6 Å². The van der Waals surface area contributed by atoms with Gasteiger partial charge in [0.25, 0.3) is 5.91 Å². The Morgan fingerprint density at radius 1 is 1.50 bits per heavy atom. The fourth-order valence-electron chi connectivity index (χ4n) is 1.75. The Morgan fingerprint density at radius 2 is 2.30 bits per heavy atom. The SMILES string of the molecule is Cc1csc(CCCNC(=O)c2ccc(Cl)c(N)c2)n1. The number of amides is 1. The van der Waals surface area contributed by atoms with Crippen LogP contribution in [0.15, 0.2) is 23.6 Å². The Labute approximate surface area is 127 Å². The smallest absolute Gasteiger partial charge is 0.251 e. The van der Waals surface area contributed by atoms with E-state index in [1.165, 1.54) is 0 Å². The van der Waals surface area contributed by atoms with Gasteiger partial charge < -0.3 is 11.1 Å². The van der Waals surface area contributed by atoms with Crippen molar-refractivity contribution in [3.63, 3.8) is 0 Å². The molecule has 1 heterocycles. The molecule has 4 nitrogen and oxygen atoms in total. The van der Waals surface area contributed by atoms with Crippen LogP contribution in [0.25, 0.3) is 0 Å². The summed E-state index contributed by atoms with van der Waals surface area (Å²) in [6.07, 6.45) is 1.74. The predicted octanol–water partition coefficient (Wildman–Crippen LogP) is 3.05. The number of nitrogens with one attached hydrogen (secondary N) is 1. The number of nitrogens with two attached hydrogens (primary N) is 1. The van der Waals surface area contributed by atoms with Gasteiger partial charge in [-0.1, -0.05) is 11.6 Å². The van der Waals surface area contributed by atoms with Crippen molar-refractivity contribution in [3.05, 3.63) is 44.9 Å². The molecule has 106 valence electrons. The van der Waals surface area contributed by atoms with E-state index in [0.717, 1.165) is 23.5 Å². The molecule has 0 unspecified atom stereocenters. The summed E-state index contributed by atoms with van der Waals surface area (Å²) in [5.74, 6) is -0.135. The minimum Gasteiger partial charge on any atom is -0.398 e. The van der Waals surface area contributed by atoms with E-state index >= 15 is 0 Å². The standard InChI is InChI=1S/C14H16ClN3OS/c1-9-8-20-13(18-9)3-2-6-17-14(19)10-4-5-11(15)12(16)7-10/h4-5,7-8H,2-3,6,16H2,1H3,(H,17,19). The number of carbonyl (C=O) groups is 1. The molecule has 20 heavy (non-hydrogen) atoms. The van der Waals surface area contributed by atoms with Crippen LogP contribution in [0, 0.1) is 6.92 Å². The molecule has 1 aromatic heterocycles. The summed E-state index contributed by atoms with van der Waals surface area (Å²) in [7, 11) is 0. The third-order valence-corrected chi connectivity index (χ3v) is 4.15. The zero-order valence-corrected chi connectivity index (χ0v) is 12.7. The topological polar surface area (TPSA) is 68.0 Å². The van der Waals surface area contributed by atoms with E-state index in [0.29, 0.717) is 22.8 Å². The molecule has 0 spiro atoms. The highest BCUT2D eigenvalue weighted by Gasteiger charge is 2.07. The van der Waals surface area contributed by atoms with Crippen LogP contribution < -0.4 is 11.1 Å². The van der Waals surface area contributed by atoms with Gasteiger partial charge in [0.15, 0.2) is 0 Å². The summed E-state index contributed by atoms with van der Waals surface area (Å²) in [4.78, 5) is 16.3. The molecule has 0 aliphatic rings. The van der Waals surface area contributed by atoms with Crippen molar-refractivity contribution in [2.45, 2.75) is 19.8 Å². The largest absolute Gasteiger partial charge is 0.398 e. The number of carbonyl (C=O) groups excluding carboxylic acids is 1. The molecule has 0 fully saturated rings. The molecular weight excluding hydrogens is 294 g/mol. The van der Waals surface area contributed by atoms with Crippen LogP contribution in [0.4, 0.5) is 5.69 Å². The van der Waals surface area contributed by atoms with Gasteiger partial charge in [0.1, 0.15) is 0 Å². The van der Waals surface area contributed by atoms with Crippen molar-refractivity contribution >= 4 is 34.5 Å². The maximum Gasteiger partial charge on any atom is 0.251 e. The minimum absolute atomic E-state index is 0.135. The third-order valence-electron chi connectivity index (χ3n) is 2.78. The number of nitrogen functional groups attached to an aromatic ring is 1. The number of halogens is 1. The minimum atomic E-state index is -0.135. The van der Waals surface area contributed by atoms with Gasteiger partial charge in [0.05, 0.1) is 15.7 Å². The molecule has 6 heteroatoms. The lowest BCUT2D eigenvalue weighted by atomic mass is 10.2. The molecule has 1 amide bonds. The molecule has 0 aliphatic heterocycles. The maximum atomic E-state index is 11.9. The molecule has 0 bridgehead atoms. The lowest BCUT2D eigenvalue weighted by Crippen LogP contribution is -2.24. The van der Waals surface area contributed by atoms with Gasteiger partial charge in [-0.2, -0.15) is 0 Å². The number of hydrogen-bond donors (Lipinski definition) is 2. The van der Waals surface area contributed by atoms with E-state index in [1.807, 2.05) is 12.3 Å². The van der Waals surface area contributed by atoms with Crippen molar-refractivity contribution < 1.29 is 4.79 Å². The molecule has 0 atom stereocenters. The fourth-order valence-corrected chi connectivity index (χ4v) is 2.68. The second kappa shape index (κ2) is 6.72. The van der Waals surface area contributed by atoms with Gasteiger partial charge in [-0.3, -0.25) is 4.79 Å². The van der Waals surface area contributed by atoms with E-state index in [1.54, 1.807) is 29.5 Å². The van der Waals surface area contributed by atoms with Crippen LogP contribution in [0.3, 0.4) is 0 Å². The highest BCUT2D eigenvalue weighted by atomic mass is 35.5. The normalized spacial score (nSPS) is 10.5. The Bertz CT molecular complexity index is 612. The van der Waals surface area contributed by atoms with Gasteiger partial charge in [-0.25, -0.2) is 4.98 Å². The van der Waals surface area contributed by atoms with Crippen molar-refractivity contribution in [2.75, 3.05) is 12.3 Å². The summed E-state index contributed by atoms with van der Waals surface area (Å²) in [5, 5.41) is 6.46. The van der Waals surface area contributed by atoms with Gasteiger partial charge in [-0.05, 0) is 31.5 Å². The first kappa shape index (κ1) is 14.8. The summed E-state index contributed by atoms with van der Waals surface area (Å²) in [5.41, 5.74) is 7.66. The fraction of sp³-hybridized carbons (Fsp3) is 0.286. The average molecular weight is 310 g/mol. The average Bonchev–Trinajstić information content (AvgIpc) is 2.83. The molecule has 0 radical (unpaired) electrons. The highest BCUT2D eigenvalue weighted by molar-refractivity contribution is 7.09. The molecule has 0 saturated carbocycles. The number of anilines is 1. The monoisotopic (exact) mass is 309 g/mol. The van der Waals surface area contributed by atoms with E-state index in [4.69, 9.17) is 17.3 Å². The molecule has 2 rings (SSSR count). The van der Waals surface area contributed by atoms with E-state index in [2.05, 4.69) is 10.3 Å². The zero-order valence-electron chi connectivity index (χ0n) is 11.1. The van der Waals surface area contributed by atoms with Crippen LogP contribution in [-0.4, -0.2) is 17.4 Å². The summed E-state index contributed by atoms with van der Waals surface area (Å²) in [6.45, 7) is 2.59. The first-order valence-electron chi connectivity index (χ1n) is 6.30. The van der Waals surface area contributed by atoms with Gasteiger partial charge in [-0.15, -0.1) is 11.3 Å². The predicted molar refractivity (Wildman–Crippen MR) is 83.4 cm³/mol. The lowest BCUT2D eigenvalue weighted by molar-refractivity contribution is 0.0953. The van der Waals surface area contributed by atoms with E-state index in [9.17, 15) is 4.79 Å². The van der Waals surface area contributed by atoms with Crippen LogP contribution in [0.1, 0.15) is 27.5 Å². The van der Waals surface area contributed by atoms with Gasteiger partial charge in [0.2, 0.25) is 0 Å². The zero-order chi connectivity index (χ0) is 14.5. The third kappa shape index (κ3) is 3.95. The second-order valence-corrected chi connectivity index (χ2v) is 5.83. The maximum absolute atomic E-state index is 11.9. The van der Waals surface area contributed by atoms with Crippen LogP contribution in [-0.2, 0) is 6.42 Å². The number of aryl methyl sites for hydroxylation is 2. The second-order valence-electron chi connectivity index (χ2n) is 4.48. The van der Waals surface area contributed by atoms with Crippen LogP contribution in [0.5, 0.6) is 0 Å². The highest BCUT2D eigenvalue weighted by Crippen LogP contribution is 2.19. The Morgan fingerprint density at radius 3 is 2.95 bits per heavy atom. The molecule has 0 saturated heterocycles. The molecule has 2 aromatic rings. The number of benzene rings is 1. The number of rotatable bonds is 5. The Balaban J connectivity index is 1.78. The number of hydrogen-bond acceptors (Lipinski definition) is 4. The van der Waals surface area contributed by atoms with E-state index < -0.39 is 0 Å². The lowest BCUT2D eigenvalue weighted by Gasteiger charge is -2.06. The van der Waals surface area contributed by atoms with Crippen molar-refractivity contribution in [2.24, 2.45) is 0 Å². The molecule has 3 N–H and O–H groups in total. The van der Waals surface area contributed by atoms with E-state index in [-0.39, 0.29) is 5.91 Å².